The van der Waals surface area contributed by atoms with E-state index in [4.69, 9.17) is 11.6 Å². The molecule has 1 N–H and O–H groups in total. The molecule has 2 rings (SSSR count). The fraction of sp³-hybridized carbons (Fsp3) is 0.312. The monoisotopic (exact) mass is 318 g/mol. The lowest BCUT2D eigenvalue weighted by Crippen LogP contribution is -2.31. The molecule has 6 heteroatoms. The van der Waals surface area contributed by atoms with E-state index in [9.17, 15) is 4.79 Å². The second-order valence-corrected chi connectivity index (χ2v) is 5.70. The fourth-order valence-corrected chi connectivity index (χ4v) is 2.18. The van der Waals surface area contributed by atoms with E-state index in [2.05, 4.69) is 20.2 Å². The number of nitrogens with zero attached hydrogens (tertiary/aromatic N) is 3. The van der Waals surface area contributed by atoms with E-state index >= 15 is 0 Å². The Bertz CT molecular complexity index is 601. The van der Waals surface area contributed by atoms with Crippen molar-refractivity contribution in [3.63, 3.8) is 0 Å². The summed E-state index contributed by atoms with van der Waals surface area (Å²) in [7, 11) is 4.01. The van der Waals surface area contributed by atoms with Gasteiger partial charge in [0, 0.05) is 17.4 Å². The highest BCUT2D eigenvalue weighted by Gasteiger charge is 2.17. The molecule has 116 valence electrons. The van der Waals surface area contributed by atoms with Gasteiger partial charge in [-0.15, -0.1) is 0 Å². The molecule has 0 radical (unpaired) electrons. The maximum Gasteiger partial charge on any atom is 0.271 e. The SMILES string of the molecule is CN(C)CCC(NC(=O)c1cnccn1)c1ccc(Cl)cc1. The number of carbonyl (C=O) groups is 1. The van der Waals surface area contributed by atoms with E-state index in [0.29, 0.717) is 10.7 Å². The Hall–Kier alpha value is -1.98. The molecule has 1 aromatic carbocycles. The highest BCUT2D eigenvalue weighted by Crippen LogP contribution is 2.20. The van der Waals surface area contributed by atoms with Gasteiger partial charge in [0.25, 0.3) is 5.91 Å². The van der Waals surface area contributed by atoms with Crippen LogP contribution in [0.3, 0.4) is 0 Å². The van der Waals surface area contributed by atoms with Crippen LogP contribution < -0.4 is 5.32 Å². The van der Waals surface area contributed by atoms with Gasteiger partial charge in [-0.2, -0.15) is 0 Å². The first-order chi connectivity index (χ1) is 10.6. The van der Waals surface area contributed by atoms with Crippen molar-refractivity contribution < 1.29 is 4.79 Å². The molecular formula is C16H19ClN4O. The summed E-state index contributed by atoms with van der Waals surface area (Å²) >= 11 is 5.93. The first kappa shape index (κ1) is 16.4. The molecule has 1 atom stereocenters. The van der Waals surface area contributed by atoms with Crippen LogP contribution in [-0.4, -0.2) is 41.4 Å². The zero-order chi connectivity index (χ0) is 15.9. The van der Waals surface area contributed by atoms with Crippen LogP contribution >= 0.6 is 11.6 Å². The third-order valence-corrected chi connectivity index (χ3v) is 3.49. The quantitative estimate of drug-likeness (QED) is 0.889. The normalized spacial score (nSPS) is 12.2. The number of rotatable bonds is 6. The molecule has 1 heterocycles. The van der Waals surface area contributed by atoms with Crippen LogP contribution in [0.1, 0.15) is 28.5 Å². The van der Waals surface area contributed by atoms with Crippen LogP contribution in [0.15, 0.2) is 42.9 Å². The molecule has 22 heavy (non-hydrogen) atoms. The molecule has 2 aromatic rings. The van der Waals surface area contributed by atoms with Gasteiger partial charge in [0.1, 0.15) is 5.69 Å². The van der Waals surface area contributed by atoms with Crippen molar-refractivity contribution in [2.75, 3.05) is 20.6 Å². The summed E-state index contributed by atoms with van der Waals surface area (Å²) in [6.07, 6.45) is 5.30. The Balaban J connectivity index is 2.13. The molecule has 5 nitrogen and oxygen atoms in total. The molecule has 0 aliphatic heterocycles. The van der Waals surface area contributed by atoms with E-state index in [1.54, 1.807) is 6.20 Å². The Morgan fingerprint density at radius 3 is 2.59 bits per heavy atom. The van der Waals surface area contributed by atoms with Gasteiger partial charge in [-0.1, -0.05) is 23.7 Å². The van der Waals surface area contributed by atoms with Gasteiger partial charge >= 0.3 is 0 Å². The fourth-order valence-electron chi connectivity index (χ4n) is 2.05. The van der Waals surface area contributed by atoms with Crippen molar-refractivity contribution in [3.05, 3.63) is 59.1 Å². The van der Waals surface area contributed by atoms with Crippen molar-refractivity contribution in [2.24, 2.45) is 0 Å². The van der Waals surface area contributed by atoms with Gasteiger partial charge < -0.3 is 10.2 Å². The summed E-state index contributed by atoms with van der Waals surface area (Å²) in [6.45, 7) is 0.855. The van der Waals surface area contributed by atoms with Crippen molar-refractivity contribution in [1.29, 1.82) is 0 Å². The second kappa shape index (κ2) is 7.87. The van der Waals surface area contributed by atoms with Crippen LogP contribution in [0.4, 0.5) is 0 Å². The minimum absolute atomic E-state index is 0.103. The van der Waals surface area contributed by atoms with Gasteiger partial charge in [-0.25, -0.2) is 4.98 Å². The summed E-state index contributed by atoms with van der Waals surface area (Å²) in [5.74, 6) is -0.230. The van der Waals surface area contributed by atoms with Gasteiger partial charge in [-0.05, 0) is 44.8 Å². The van der Waals surface area contributed by atoms with Gasteiger partial charge in [0.2, 0.25) is 0 Å². The number of benzene rings is 1. The number of nitrogens with one attached hydrogen (secondary N) is 1. The van der Waals surface area contributed by atoms with Crippen molar-refractivity contribution >= 4 is 17.5 Å². The molecule has 0 aliphatic rings. The van der Waals surface area contributed by atoms with Crippen molar-refractivity contribution in [1.82, 2.24) is 20.2 Å². The van der Waals surface area contributed by atoms with Crippen LogP contribution in [0.2, 0.25) is 5.02 Å². The second-order valence-electron chi connectivity index (χ2n) is 5.26. The lowest BCUT2D eigenvalue weighted by molar-refractivity contribution is 0.0927. The summed E-state index contributed by atoms with van der Waals surface area (Å²) < 4.78 is 0. The lowest BCUT2D eigenvalue weighted by atomic mass is 10.0. The molecule has 0 fully saturated rings. The van der Waals surface area contributed by atoms with E-state index < -0.39 is 0 Å². The Labute approximate surface area is 135 Å². The molecule has 0 aliphatic carbocycles. The molecule has 1 amide bonds. The Morgan fingerprint density at radius 1 is 1.27 bits per heavy atom. The van der Waals surface area contributed by atoms with E-state index in [1.807, 2.05) is 38.4 Å². The minimum atomic E-state index is -0.230. The predicted octanol–water partition coefficient (Wildman–Crippen LogP) is 2.55. The van der Waals surface area contributed by atoms with Crippen molar-refractivity contribution in [3.8, 4) is 0 Å². The van der Waals surface area contributed by atoms with E-state index in [-0.39, 0.29) is 11.9 Å². The number of hydrogen-bond donors (Lipinski definition) is 1. The van der Waals surface area contributed by atoms with Crippen molar-refractivity contribution in [2.45, 2.75) is 12.5 Å². The summed E-state index contributed by atoms with van der Waals surface area (Å²) in [5, 5.41) is 3.69. The van der Waals surface area contributed by atoms with Gasteiger partial charge in [0.15, 0.2) is 0 Å². The molecule has 0 bridgehead atoms. The Kier molecular flexibility index (Phi) is 5.86. The largest absolute Gasteiger partial charge is 0.344 e. The number of carbonyl (C=O) groups excluding carboxylic acids is 1. The number of halogens is 1. The summed E-state index contributed by atoms with van der Waals surface area (Å²) in [6, 6.07) is 7.41. The van der Waals surface area contributed by atoms with Gasteiger partial charge in [-0.3, -0.25) is 9.78 Å². The molecule has 0 saturated heterocycles. The molecule has 0 saturated carbocycles. The zero-order valence-corrected chi connectivity index (χ0v) is 13.4. The zero-order valence-electron chi connectivity index (χ0n) is 12.7. The van der Waals surface area contributed by atoms with Gasteiger partial charge in [0.05, 0.1) is 12.2 Å². The molecular weight excluding hydrogens is 300 g/mol. The number of aromatic nitrogens is 2. The third kappa shape index (κ3) is 4.79. The number of hydrogen-bond acceptors (Lipinski definition) is 4. The minimum Gasteiger partial charge on any atom is -0.344 e. The first-order valence-corrected chi connectivity index (χ1v) is 7.41. The molecule has 1 unspecified atom stereocenters. The Morgan fingerprint density at radius 2 is 2.00 bits per heavy atom. The van der Waals surface area contributed by atoms with Crippen LogP contribution in [0, 0.1) is 0 Å². The predicted molar refractivity (Wildman–Crippen MR) is 86.9 cm³/mol. The molecule has 0 spiro atoms. The van der Waals surface area contributed by atoms with Crippen LogP contribution in [0.25, 0.3) is 0 Å². The summed E-state index contributed by atoms with van der Waals surface area (Å²) in [5.41, 5.74) is 1.33. The number of amides is 1. The third-order valence-electron chi connectivity index (χ3n) is 3.24. The topological polar surface area (TPSA) is 58.1 Å². The van der Waals surface area contributed by atoms with E-state index in [1.165, 1.54) is 12.4 Å². The highest BCUT2D eigenvalue weighted by molar-refractivity contribution is 6.30. The van der Waals surface area contributed by atoms with Crippen LogP contribution in [0.5, 0.6) is 0 Å². The highest BCUT2D eigenvalue weighted by atomic mass is 35.5. The average molecular weight is 319 g/mol. The average Bonchev–Trinajstić information content (AvgIpc) is 2.53. The first-order valence-electron chi connectivity index (χ1n) is 7.03. The lowest BCUT2D eigenvalue weighted by Gasteiger charge is -2.21. The maximum atomic E-state index is 12.3. The standard InChI is InChI=1S/C16H19ClN4O/c1-21(2)10-7-14(12-3-5-13(17)6-4-12)20-16(22)15-11-18-8-9-19-15/h3-6,8-9,11,14H,7,10H2,1-2H3,(H,20,22). The van der Waals surface area contributed by atoms with E-state index in [0.717, 1.165) is 18.5 Å². The smallest absolute Gasteiger partial charge is 0.271 e. The maximum absolute atomic E-state index is 12.3. The van der Waals surface area contributed by atoms with Crippen LogP contribution in [-0.2, 0) is 0 Å². The molecule has 1 aromatic heterocycles. The summed E-state index contributed by atoms with van der Waals surface area (Å²) in [4.78, 5) is 22.3.